The predicted octanol–water partition coefficient (Wildman–Crippen LogP) is 1.56. The third-order valence-electron chi connectivity index (χ3n) is 3.12. The Labute approximate surface area is 56.1 Å². The number of fused-ring (bicyclic) bond motifs is 2. The van der Waals surface area contributed by atoms with E-state index in [1.165, 1.54) is 19.3 Å². The molecule has 2 rings (SSSR count). The van der Waals surface area contributed by atoms with Gasteiger partial charge in [-0.15, -0.1) is 0 Å². The van der Waals surface area contributed by atoms with Crippen LogP contribution >= 0.6 is 0 Å². The van der Waals surface area contributed by atoms with E-state index in [1.807, 2.05) is 6.92 Å². The molecule has 0 aromatic heterocycles. The maximum Gasteiger partial charge on any atom is 0.0650 e. The Hall–Kier alpha value is -0.0400. The van der Waals surface area contributed by atoms with E-state index in [-0.39, 0.29) is 5.60 Å². The molecule has 0 spiro atoms. The zero-order valence-corrected chi connectivity index (χ0v) is 5.93. The van der Waals surface area contributed by atoms with Crippen LogP contribution in [0.2, 0.25) is 0 Å². The molecule has 2 aliphatic rings. The fraction of sp³-hybridized carbons (Fsp3) is 1.00. The first-order valence-corrected chi connectivity index (χ1v) is 3.91. The Morgan fingerprint density at radius 2 is 2.22 bits per heavy atom. The van der Waals surface area contributed by atoms with Crippen LogP contribution in [-0.4, -0.2) is 10.7 Å². The smallest absolute Gasteiger partial charge is 0.0650 e. The normalized spacial score (nSPS) is 56.7. The topological polar surface area (TPSA) is 20.2 Å². The summed E-state index contributed by atoms with van der Waals surface area (Å²) in [6.45, 7) is 2.00. The van der Waals surface area contributed by atoms with Crippen molar-refractivity contribution in [3.8, 4) is 0 Å². The average molecular weight is 126 g/mol. The van der Waals surface area contributed by atoms with Crippen molar-refractivity contribution in [1.29, 1.82) is 0 Å². The van der Waals surface area contributed by atoms with Crippen molar-refractivity contribution in [1.82, 2.24) is 0 Å². The zero-order chi connectivity index (χ0) is 6.48. The maximum absolute atomic E-state index is 9.68. The fourth-order valence-electron chi connectivity index (χ4n) is 2.58. The molecule has 1 nitrogen and oxygen atoms in total. The van der Waals surface area contributed by atoms with Gasteiger partial charge in [-0.3, -0.25) is 0 Å². The van der Waals surface area contributed by atoms with Crippen molar-refractivity contribution in [2.24, 2.45) is 11.8 Å². The third-order valence-corrected chi connectivity index (χ3v) is 3.12. The molecule has 0 radical (unpaired) electrons. The summed E-state index contributed by atoms with van der Waals surface area (Å²) in [4.78, 5) is 0. The molecule has 1 N–H and O–H groups in total. The van der Waals surface area contributed by atoms with Gasteiger partial charge in [-0.05, 0) is 44.4 Å². The summed E-state index contributed by atoms with van der Waals surface area (Å²) in [6, 6.07) is 0. The van der Waals surface area contributed by atoms with Crippen molar-refractivity contribution in [2.75, 3.05) is 0 Å². The zero-order valence-electron chi connectivity index (χ0n) is 5.93. The minimum Gasteiger partial charge on any atom is -0.390 e. The molecule has 0 saturated heterocycles. The molecule has 3 unspecified atom stereocenters. The lowest BCUT2D eigenvalue weighted by atomic mass is 9.86. The SMILES string of the molecule is CC1(O)CC2CCC1C2. The number of hydrogen-bond acceptors (Lipinski definition) is 1. The molecule has 52 valence electrons. The Balaban J connectivity index is 2.18. The summed E-state index contributed by atoms with van der Waals surface area (Å²) in [5.41, 5.74) is -0.289. The van der Waals surface area contributed by atoms with Crippen LogP contribution in [0.5, 0.6) is 0 Å². The van der Waals surface area contributed by atoms with Gasteiger partial charge in [0.05, 0.1) is 5.60 Å². The maximum atomic E-state index is 9.68. The Morgan fingerprint density at radius 1 is 1.44 bits per heavy atom. The lowest BCUT2D eigenvalue weighted by Gasteiger charge is -2.27. The van der Waals surface area contributed by atoms with Gasteiger partial charge in [0.25, 0.3) is 0 Å². The molecular weight excluding hydrogens is 112 g/mol. The summed E-state index contributed by atoms with van der Waals surface area (Å²) in [5, 5.41) is 9.68. The first-order chi connectivity index (χ1) is 4.18. The summed E-state index contributed by atoms with van der Waals surface area (Å²) < 4.78 is 0. The van der Waals surface area contributed by atoms with E-state index >= 15 is 0 Å². The standard InChI is InChI=1S/C8H14O/c1-8(9)5-6-2-3-7(8)4-6/h6-7,9H,2-5H2,1H3. The van der Waals surface area contributed by atoms with Crippen LogP contribution in [0.1, 0.15) is 32.6 Å². The highest BCUT2D eigenvalue weighted by molar-refractivity contribution is 4.98. The van der Waals surface area contributed by atoms with Crippen LogP contribution in [0.3, 0.4) is 0 Å². The third kappa shape index (κ3) is 0.710. The van der Waals surface area contributed by atoms with E-state index in [2.05, 4.69) is 0 Å². The van der Waals surface area contributed by atoms with Crippen LogP contribution in [0.25, 0.3) is 0 Å². The van der Waals surface area contributed by atoms with E-state index in [0.717, 1.165) is 12.3 Å². The number of aliphatic hydroxyl groups is 1. The Morgan fingerprint density at radius 3 is 2.44 bits per heavy atom. The molecule has 0 aromatic carbocycles. The van der Waals surface area contributed by atoms with Crippen molar-refractivity contribution >= 4 is 0 Å². The van der Waals surface area contributed by atoms with Gasteiger partial charge in [0.1, 0.15) is 0 Å². The molecule has 0 aromatic rings. The van der Waals surface area contributed by atoms with E-state index in [0.29, 0.717) is 5.92 Å². The lowest BCUT2D eigenvalue weighted by Crippen LogP contribution is -2.30. The molecule has 0 heterocycles. The first kappa shape index (κ1) is 5.72. The Kier molecular flexibility index (Phi) is 0.963. The molecule has 0 aliphatic heterocycles. The van der Waals surface area contributed by atoms with Crippen LogP contribution < -0.4 is 0 Å². The minimum atomic E-state index is -0.289. The Bertz CT molecular complexity index is 129. The van der Waals surface area contributed by atoms with Crippen LogP contribution in [0.4, 0.5) is 0 Å². The van der Waals surface area contributed by atoms with Crippen molar-refractivity contribution in [3.05, 3.63) is 0 Å². The van der Waals surface area contributed by atoms with E-state index in [4.69, 9.17) is 0 Å². The van der Waals surface area contributed by atoms with Gasteiger partial charge in [0.15, 0.2) is 0 Å². The molecule has 2 fully saturated rings. The molecular formula is C8H14O. The number of hydrogen-bond donors (Lipinski definition) is 1. The quantitative estimate of drug-likeness (QED) is 0.522. The summed E-state index contributed by atoms with van der Waals surface area (Å²) in [7, 11) is 0. The molecule has 2 saturated carbocycles. The van der Waals surface area contributed by atoms with Crippen molar-refractivity contribution < 1.29 is 5.11 Å². The fourth-order valence-corrected chi connectivity index (χ4v) is 2.58. The van der Waals surface area contributed by atoms with Crippen LogP contribution in [0, 0.1) is 11.8 Å². The van der Waals surface area contributed by atoms with Gasteiger partial charge in [0.2, 0.25) is 0 Å². The van der Waals surface area contributed by atoms with Gasteiger partial charge in [-0.25, -0.2) is 0 Å². The van der Waals surface area contributed by atoms with Crippen LogP contribution in [-0.2, 0) is 0 Å². The minimum absolute atomic E-state index is 0.289. The van der Waals surface area contributed by atoms with E-state index in [1.54, 1.807) is 0 Å². The van der Waals surface area contributed by atoms with Gasteiger partial charge < -0.3 is 5.11 Å². The van der Waals surface area contributed by atoms with Crippen molar-refractivity contribution in [2.45, 2.75) is 38.2 Å². The van der Waals surface area contributed by atoms with E-state index < -0.39 is 0 Å². The highest BCUT2D eigenvalue weighted by Crippen LogP contribution is 2.50. The highest BCUT2D eigenvalue weighted by atomic mass is 16.3. The number of rotatable bonds is 0. The first-order valence-electron chi connectivity index (χ1n) is 3.91. The van der Waals surface area contributed by atoms with Crippen molar-refractivity contribution in [3.63, 3.8) is 0 Å². The van der Waals surface area contributed by atoms with Gasteiger partial charge in [-0.2, -0.15) is 0 Å². The molecule has 9 heavy (non-hydrogen) atoms. The monoisotopic (exact) mass is 126 g/mol. The molecule has 2 bridgehead atoms. The molecule has 0 amide bonds. The second-order valence-corrected chi connectivity index (χ2v) is 3.94. The predicted molar refractivity (Wildman–Crippen MR) is 36.1 cm³/mol. The van der Waals surface area contributed by atoms with E-state index in [9.17, 15) is 5.11 Å². The molecule has 1 heteroatoms. The second-order valence-electron chi connectivity index (χ2n) is 3.94. The lowest BCUT2D eigenvalue weighted by molar-refractivity contribution is 0.00531. The largest absolute Gasteiger partial charge is 0.390 e. The van der Waals surface area contributed by atoms with Gasteiger partial charge >= 0.3 is 0 Å². The summed E-state index contributed by atoms with van der Waals surface area (Å²) >= 11 is 0. The molecule has 2 aliphatic carbocycles. The van der Waals surface area contributed by atoms with Crippen LogP contribution in [0.15, 0.2) is 0 Å². The summed E-state index contributed by atoms with van der Waals surface area (Å²) in [6.07, 6.45) is 5.02. The average Bonchev–Trinajstić information content (AvgIpc) is 2.19. The molecule has 3 atom stereocenters. The van der Waals surface area contributed by atoms with Gasteiger partial charge in [0, 0.05) is 0 Å². The van der Waals surface area contributed by atoms with Gasteiger partial charge in [-0.1, -0.05) is 0 Å². The second kappa shape index (κ2) is 1.51. The summed E-state index contributed by atoms with van der Waals surface area (Å²) in [5.74, 6) is 1.51. The highest BCUT2D eigenvalue weighted by Gasteiger charge is 2.46.